The molecule has 2 aromatic rings. The lowest BCUT2D eigenvalue weighted by Crippen LogP contribution is -2.46. The quantitative estimate of drug-likeness (QED) is 0.757. The molecule has 0 bridgehead atoms. The molecule has 1 fully saturated rings. The van der Waals surface area contributed by atoms with Gasteiger partial charge in [0.25, 0.3) is 0 Å². The molecular formula is C20H22ClNO4S. The molecule has 0 aromatic heterocycles. The second kappa shape index (κ2) is 8.42. The molecule has 1 saturated carbocycles. The maximum absolute atomic E-state index is 12.7. The molecule has 0 saturated heterocycles. The zero-order valence-electron chi connectivity index (χ0n) is 15.0. The van der Waals surface area contributed by atoms with Gasteiger partial charge in [0.15, 0.2) is 0 Å². The number of benzene rings is 2. The molecule has 2 atom stereocenters. The van der Waals surface area contributed by atoms with Crippen molar-refractivity contribution in [2.24, 2.45) is 0 Å². The molecule has 7 heteroatoms. The Labute approximate surface area is 164 Å². The second-order valence-corrected chi connectivity index (χ2v) is 8.93. The molecule has 1 aliphatic carbocycles. The number of halogens is 1. The second-order valence-electron chi connectivity index (χ2n) is 6.78. The Kier molecular flexibility index (Phi) is 6.19. The fraction of sp³-hybridized carbons (Fsp3) is 0.350. The first-order valence-electron chi connectivity index (χ1n) is 8.91. The van der Waals surface area contributed by atoms with Crippen LogP contribution < -0.4 is 4.72 Å². The lowest BCUT2D eigenvalue weighted by atomic mass is 9.93. The van der Waals surface area contributed by atoms with Gasteiger partial charge in [-0.15, -0.1) is 0 Å². The summed E-state index contributed by atoms with van der Waals surface area (Å²) in [6.07, 6.45) is 2.53. The first-order chi connectivity index (χ1) is 12.8. The summed E-state index contributed by atoms with van der Waals surface area (Å²) in [5, 5.41) is 0.535. The standard InChI is InChI=1S/C20H22ClNO4S/c1-14-6-12-17(13-7-14)27(24,25)22-18-4-2-3-5-19(18)26-20(23)15-8-10-16(21)11-9-15/h6-13,18-19,22H,2-5H2,1H3/t18-,19-/m0/s1. The van der Waals surface area contributed by atoms with Crippen molar-refractivity contribution in [2.45, 2.75) is 49.6 Å². The number of aryl methyl sites for hydroxylation is 1. The van der Waals surface area contributed by atoms with E-state index in [1.807, 2.05) is 6.92 Å². The van der Waals surface area contributed by atoms with Crippen LogP contribution in [-0.4, -0.2) is 26.5 Å². The van der Waals surface area contributed by atoms with Gasteiger partial charge in [0.2, 0.25) is 10.0 Å². The Morgan fingerprint density at radius 2 is 1.67 bits per heavy atom. The number of nitrogens with one attached hydrogen (secondary N) is 1. The van der Waals surface area contributed by atoms with Crippen LogP contribution >= 0.6 is 11.6 Å². The van der Waals surface area contributed by atoms with Crippen LogP contribution in [0.15, 0.2) is 53.4 Å². The fourth-order valence-corrected chi connectivity index (χ4v) is 4.57. The summed E-state index contributed by atoms with van der Waals surface area (Å²) in [6, 6.07) is 12.7. The van der Waals surface area contributed by atoms with E-state index in [0.29, 0.717) is 23.4 Å². The lowest BCUT2D eigenvalue weighted by molar-refractivity contribution is 0.0130. The van der Waals surface area contributed by atoms with Crippen molar-refractivity contribution in [3.63, 3.8) is 0 Å². The summed E-state index contributed by atoms with van der Waals surface area (Å²) in [5.41, 5.74) is 1.38. The van der Waals surface area contributed by atoms with Gasteiger partial charge in [0.05, 0.1) is 16.5 Å². The van der Waals surface area contributed by atoms with Crippen molar-refractivity contribution in [3.8, 4) is 0 Å². The summed E-state index contributed by atoms with van der Waals surface area (Å²) in [4.78, 5) is 12.6. The van der Waals surface area contributed by atoms with Gasteiger partial charge in [-0.3, -0.25) is 0 Å². The maximum Gasteiger partial charge on any atom is 0.338 e. The highest BCUT2D eigenvalue weighted by atomic mass is 35.5. The van der Waals surface area contributed by atoms with Crippen LogP contribution in [0.2, 0.25) is 5.02 Å². The van der Waals surface area contributed by atoms with E-state index in [1.165, 1.54) is 0 Å². The van der Waals surface area contributed by atoms with Crippen LogP contribution in [0.1, 0.15) is 41.6 Å². The van der Waals surface area contributed by atoms with Crippen LogP contribution in [-0.2, 0) is 14.8 Å². The molecular weight excluding hydrogens is 386 g/mol. The molecule has 0 heterocycles. The Morgan fingerprint density at radius 3 is 2.33 bits per heavy atom. The van der Waals surface area contributed by atoms with E-state index >= 15 is 0 Å². The molecule has 0 unspecified atom stereocenters. The van der Waals surface area contributed by atoms with Gasteiger partial charge in [-0.1, -0.05) is 35.7 Å². The van der Waals surface area contributed by atoms with Crippen molar-refractivity contribution in [1.29, 1.82) is 0 Å². The molecule has 0 spiro atoms. The van der Waals surface area contributed by atoms with Gasteiger partial charge < -0.3 is 4.74 Å². The van der Waals surface area contributed by atoms with Gasteiger partial charge in [-0.25, -0.2) is 17.9 Å². The number of hydrogen-bond donors (Lipinski definition) is 1. The van der Waals surface area contributed by atoms with E-state index in [0.717, 1.165) is 18.4 Å². The van der Waals surface area contributed by atoms with Crippen molar-refractivity contribution in [2.75, 3.05) is 0 Å². The predicted molar refractivity (Wildman–Crippen MR) is 104 cm³/mol. The van der Waals surface area contributed by atoms with Crippen LogP contribution in [0.4, 0.5) is 0 Å². The molecule has 2 aromatic carbocycles. The van der Waals surface area contributed by atoms with E-state index in [1.54, 1.807) is 48.5 Å². The third kappa shape index (κ3) is 5.09. The van der Waals surface area contributed by atoms with E-state index in [2.05, 4.69) is 4.72 Å². The van der Waals surface area contributed by atoms with Crippen LogP contribution in [0.25, 0.3) is 0 Å². The van der Waals surface area contributed by atoms with Crippen molar-refractivity contribution < 1.29 is 17.9 Å². The van der Waals surface area contributed by atoms with Gasteiger partial charge in [0, 0.05) is 5.02 Å². The minimum absolute atomic E-state index is 0.210. The largest absolute Gasteiger partial charge is 0.457 e. The number of sulfonamides is 1. The third-order valence-electron chi connectivity index (χ3n) is 4.68. The molecule has 5 nitrogen and oxygen atoms in total. The van der Waals surface area contributed by atoms with Crippen LogP contribution in [0.3, 0.4) is 0 Å². The fourth-order valence-electron chi connectivity index (χ4n) is 3.15. The van der Waals surface area contributed by atoms with Crippen LogP contribution in [0.5, 0.6) is 0 Å². The zero-order valence-corrected chi connectivity index (χ0v) is 16.6. The van der Waals surface area contributed by atoms with Crippen molar-refractivity contribution in [3.05, 3.63) is 64.7 Å². The molecule has 144 valence electrons. The Hall–Kier alpha value is -1.89. The first-order valence-corrected chi connectivity index (χ1v) is 10.8. The Morgan fingerprint density at radius 1 is 1.04 bits per heavy atom. The summed E-state index contributed by atoms with van der Waals surface area (Å²) in [6.45, 7) is 1.90. The third-order valence-corrected chi connectivity index (χ3v) is 6.44. The molecule has 0 aliphatic heterocycles. The topological polar surface area (TPSA) is 72.5 Å². The van der Waals surface area contributed by atoms with E-state index in [-0.39, 0.29) is 4.90 Å². The van der Waals surface area contributed by atoms with Gasteiger partial charge >= 0.3 is 5.97 Å². The molecule has 27 heavy (non-hydrogen) atoms. The maximum atomic E-state index is 12.7. The number of ether oxygens (including phenoxy) is 1. The summed E-state index contributed by atoms with van der Waals surface area (Å²) in [5.74, 6) is -0.474. The highest BCUT2D eigenvalue weighted by molar-refractivity contribution is 7.89. The van der Waals surface area contributed by atoms with E-state index < -0.39 is 28.1 Å². The van der Waals surface area contributed by atoms with Gasteiger partial charge in [-0.05, 0) is 62.6 Å². The number of carbonyl (C=O) groups is 1. The SMILES string of the molecule is Cc1ccc(S(=O)(=O)N[C@H]2CCCC[C@@H]2OC(=O)c2ccc(Cl)cc2)cc1. The molecule has 1 N–H and O–H groups in total. The first kappa shape index (κ1) is 19.9. The highest BCUT2D eigenvalue weighted by Gasteiger charge is 2.32. The van der Waals surface area contributed by atoms with Gasteiger partial charge in [-0.2, -0.15) is 0 Å². The molecule has 0 amide bonds. The average molecular weight is 408 g/mol. The lowest BCUT2D eigenvalue weighted by Gasteiger charge is -2.31. The summed E-state index contributed by atoms with van der Waals surface area (Å²) in [7, 11) is -3.67. The molecule has 3 rings (SSSR count). The summed E-state index contributed by atoms with van der Waals surface area (Å²) < 4.78 is 33.7. The molecule has 1 aliphatic rings. The van der Waals surface area contributed by atoms with Crippen molar-refractivity contribution >= 4 is 27.6 Å². The zero-order chi connectivity index (χ0) is 19.4. The minimum Gasteiger partial charge on any atom is -0.457 e. The number of carbonyl (C=O) groups excluding carboxylic acids is 1. The number of rotatable bonds is 5. The van der Waals surface area contributed by atoms with E-state index in [4.69, 9.17) is 16.3 Å². The molecule has 0 radical (unpaired) electrons. The monoisotopic (exact) mass is 407 g/mol. The minimum atomic E-state index is -3.67. The van der Waals surface area contributed by atoms with Crippen LogP contribution in [0, 0.1) is 6.92 Å². The van der Waals surface area contributed by atoms with Gasteiger partial charge in [0.1, 0.15) is 6.10 Å². The van der Waals surface area contributed by atoms with Crippen molar-refractivity contribution in [1.82, 2.24) is 4.72 Å². The normalized spacial score (nSPS) is 20.2. The van der Waals surface area contributed by atoms with E-state index in [9.17, 15) is 13.2 Å². The summed E-state index contributed by atoms with van der Waals surface area (Å²) >= 11 is 5.84. The number of hydrogen-bond acceptors (Lipinski definition) is 4. The average Bonchev–Trinajstić information content (AvgIpc) is 2.64. The Balaban J connectivity index is 1.72. The Bertz CT molecular complexity index is 895. The predicted octanol–water partition coefficient (Wildman–Crippen LogP) is 4.09. The smallest absolute Gasteiger partial charge is 0.338 e. The number of esters is 1. The highest BCUT2D eigenvalue weighted by Crippen LogP contribution is 2.24.